The lowest BCUT2D eigenvalue weighted by atomic mass is 9.71. The zero-order valence-corrected chi connectivity index (χ0v) is 13.9. The van der Waals surface area contributed by atoms with Crippen LogP contribution in [0.1, 0.15) is 50.8 Å². The Bertz CT molecular complexity index is 366. The fourth-order valence-electron chi connectivity index (χ4n) is 2.95. The van der Waals surface area contributed by atoms with Crippen LogP contribution < -0.4 is 5.32 Å². The summed E-state index contributed by atoms with van der Waals surface area (Å²) in [7, 11) is 0. The molecule has 0 spiro atoms. The number of rotatable bonds is 5. The van der Waals surface area contributed by atoms with Crippen LogP contribution in [0, 0.1) is 5.41 Å². The first-order valence-corrected chi connectivity index (χ1v) is 8.68. The predicted molar refractivity (Wildman–Crippen MR) is 84.4 cm³/mol. The Kier molecular flexibility index (Phi) is 5.28. The molecule has 1 aromatic heterocycles. The summed E-state index contributed by atoms with van der Waals surface area (Å²) in [6.45, 7) is 5.68. The molecule has 3 heteroatoms. The molecule has 0 atom stereocenters. The lowest BCUT2D eigenvalue weighted by Gasteiger charge is -2.38. The van der Waals surface area contributed by atoms with Gasteiger partial charge in [0.05, 0.1) is 3.79 Å². The van der Waals surface area contributed by atoms with E-state index in [1.165, 1.54) is 53.7 Å². The second kappa shape index (κ2) is 6.53. The number of hydrogen-bond acceptors (Lipinski definition) is 2. The highest BCUT2D eigenvalue weighted by Gasteiger charge is 2.32. The van der Waals surface area contributed by atoms with E-state index in [1.54, 1.807) is 0 Å². The average Bonchev–Trinajstić information content (AvgIpc) is 2.73. The topological polar surface area (TPSA) is 12.0 Å². The molecule has 1 nitrogen and oxygen atoms in total. The van der Waals surface area contributed by atoms with Crippen LogP contribution >= 0.6 is 27.3 Å². The van der Waals surface area contributed by atoms with Gasteiger partial charge in [0.15, 0.2) is 0 Å². The van der Waals surface area contributed by atoms with E-state index < -0.39 is 0 Å². The molecule has 0 aromatic carbocycles. The Balaban J connectivity index is 2.03. The van der Waals surface area contributed by atoms with Crippen molar-refractivity contribution in [1.29, 1.82) is 0 Å². The van der Waals surface area contributed by atoms with Gasteiger partial charge in [0.1, 0.15) is 0 Å². The molecule has 0 bridgehead atoms. The smallest absolute Gasteiger partial charge is 0.0701 e. The first-order chi connectivity index (χ1) is 8.60. The third-order valence-corrected chi connectivity index (χ3v) is 5.60. The Morgan fingerprint density at radius 3 is 2.56 bits per heavy atom. The van der Waals surface area contributed by atoms with Gasteiger partial charge < -0.3 is 5.32 Å². The van der Waals surface area contributed by atoms with Gasteiger partial charge in [0.2, 0.25) is 0 Å². The molecule has 1 aromatic rings. The number of thiophene rings is 1. The minimum absolute atomic E-state index is 0.507. The largest absolute Gasteiger partial charge is 0.314 e. The minimum Gasteiger partial charge on any atom is -0.314 e. The van der Waals surface area contributed by atoms with E-state index in [1.807, 2.05) is 11.3 Å². The zero-order chi connectivity index (χ0) is 13.0. The summed E-state index contributed by atoms with van der Waals surface area (Å²) in [5, 5.41) is 3.68. The molecule has 0 aliphatic heterocycles. The van der Waals surface area contributed by atoms with Gasteiger partial charge >= 0.3 is 0 Å². The van der Waals surface area contributed by atoms with Gasteiger partial charge in [-0.25, -0.2) is 0 Å². The fraction of sp³-hybridized carbons (Fsp3) is 0.733. The first kappa shape index (κ1) is 14.5. The normalized spacial score (nSPS) is 19.3. The van der Waals surface area contributed by atoms with Gasteiger partial charge in [-0.3, -0.25) is 0 Å². The van der Waals surface area contributed by atoms with Gasteiger partial charge in [0, 0.05) is 17.5 Å². The molecule has 1 aliphatic rings. The van der Waals surface area contributed by atoms with Crippen LogP contribution in [0.15, 0.2) is 15.9 Å². The second-order valence-corrected chi connectivity index (χ2v) is 8.53. The molecule has 18 heavy (non-hydrogen) atoms. The molecule has 102 valence electrons. The highest BCUT2D eigenvalue weighted by molar-refractivity contribution is 9.11. The van der Waals surface area contributed by atoms with Crippen molar-refractivity contribution in [2.24, 2.45) is 5.41 Å². The average molecular weight is 330 g/mol. The third kappa shape index (κ3) is 4.07. The number of nitrogens with one attached hydrogen (secondary N) is 1. The van der Waals surface area contributed by atoms with Crippen LogP contribution in [0.25, 0.3) is 0 Å². The molecular weight excluding hydrogens is 306 g/mol. The van der Waals surface area contributed by atoms with Gasteiger partial charge in [-0.2, -0.15) is 0 Å². The van der Waals surface area contributed by atoms with Gasteiger partial charge in [-0.1, -0.05) is 33.1 Å². The molecule has 1 aliphatic carbocycles. The highest BCUT2D eigenvalue weighted by Crippen LogP contribution is 2.40. The molecule has 1 N–H and O–H groups in total. The van der Waals surface area contributed by atoms with Crippen molar-refractivity contribution < 1.29 is 0 Å². The Labute approximate surface area is 123 Å². The molecule has 0 unspecified atom stereocenters. The van der Waals surface area contributed by atoms with Crippen LogP contribution in [0.3, 0.4) is 0 Å². The summed E-state index contributed by atoms with van der Waals surface area (Å²) < 4.78 is 1.26. The number of halogens is 1. The van der Waals surface area contributed by atoms with Crippen LogP contribution in [-0.4, -0.2) is 12.6 Å². The fourth-order valence-corrected chi connectivity index (χ4v) is 4.61. The minimum atomic E-state index is 0.507. The molecule has 0 radical (unpaired) electrons. The van der Waals surface area contributed by atoms with Gasteiger partial charge in [-0.15, -0.1) is 11.3 Å². The highest BCUT2D eigenvalue weighted by atomic mass is 79.9. The summed E-state index contributed by atoms with van der Waals surface area (Å²) in [5.41, 5.74) is 0.507. The summed E-state index contributed by atoms with van der Waals surface area (Å²) in [6, 6.07) is 5.08. The van der Waals surface area contributed by atoms with E-state index in [0.29, 0.717) is 11.5 Å². The van der Waals surface area contributed by atoms with E-state index in [0.717, 1.165) is 0 Å². The summed E-state index contributed by atoms with van der Waals surface area (Å²) in [5.74, 6) is 0. The van der Waals surface area contributed by atoms with E-state index in [9.17, 15) is 0 Å². The van der Waals surface area contributed by atoms with E-state index >= 15 is 0 Å². The Morgan fingerprint density at radius 1 is 1.28 bits per heavy atom. The molecule has 2 rings (SSSR count). The summed E-state index contributed by atoms with van der Waals surface area (Å²) in [4.78, 5) is 1.54. The van der Waals surface area contributed by atoms with Crippen molar-refractivity contribution in [2.45, 2.75) is 58.4 Å². The first-order valence-electron chi connectivity index (χ1n) is 7.07. The quantitative estimate of drug-likeness (QED) is 0.801. The zero-order valence-electron chi connectivity index (χ0n) is 11.5. The van der Waals surface area contributed by atoms with E-state index in [2.05, 4.69) is 47.2 Å². The molecule has 1 fully saturated rings. The van der Waals surface area contributed by atoms with E-state index in [4.69, 9.17) is 0 Å². The van der Waals surface area contributed by atoms with Crippen molar-refractivity contribution in [3.63, 3.8) is 0 Å². The van der Waals surface area contributed by atoms with Crippen molar-refractivity contribution in [3.8, 4) is 0 Å². The van der Waals surface area contributed by atoms with Gasteiger partial charge in [0.25, 0.3) is 0 Å². The maximum atomic E-state index is 3.68. The SMILES string of the molecule is CC(C)NCC1(Cc2ccc(Br)s2)CCCCC1. The number of hydrogen-bond donors (Lipinski definition) is 1. The lowest BCUT2D eigenvalue weighted by Crippen LogP contribution is -2.40. The Morgan fingerprint density at radius 2 is 2.00 bits per heavy atom. The van der Waals surface area contributed by atoms with Crippen LogP contribution in [-0.2, 0) is 6.42 Å². The third-order valence-electron chi connectivity index (χ3n) is 3.98. The van der Waals surface area contributed by atoms with Crippen LogP contribution in [0.4, 0.5) is 0 Å². The monoisotopic (exact) mass is 329 g/mol. The maximum absolute atomic E-state index is 3.68. The molecule has 0 saturated heterocycles. The van der Waals surface area contributed by atoms with Crippen LogP contribution in [0.5, 0.6) is 0 Å². The lowest BCUT2D eigenvalue weighted by molar-refractivity contribution is 0.178. The molecule has 1 heterocycles. The van der Waals surface area contributed by atoms with E-state index in [-0.39, 0.29) is 0 Å². The predicted octanol–water partition coefficient (Wildman–Crippen LogP) is 5.00. The van der Waals surface area contributed by atoms with Crippen molar-refractivity contribution in [2.75, 3.05) is 6.54 Å². The van der Waals surface area contributed by atoms with Crippen molar-refractivity contribution in [1.82, 2.24) is 5.32 Å². The van der Waals surface area contributed by atoms with Gasteiger partial charge in [-0.05, 0) is 52.7 Å². The maximum Gasteiger partial charge on any atom is 0.0701 e. The molecule has 1 saturated carbocycles. The molecular formula is C15H24BrNS. The van der Waals surface area contributed by atoms with Crippen molar-refractivity contribution >= 4 is 27.3 Å². The van der Waals surface area contributed by atoms with Crippen molar-refractivity contribution in [3.05, 3.63) is 20.8 Å². The standard InChI is InChI=1S/C15H24BrNS/c1-12(2)17-11-15(8-4-3-5-9-15)10-13-6-7-14(16)18-13/h6-7,12,17H,3-5,8-11H2,1-2H3. The molecule has 0 amide bonds. The summed E-state index contributed by atoms with van der Waals surface area (Å²) in [6.07, 6.45) is 8.28. The van der Waals surface area contributed by atoms with Crippen LogP contribution in [0.2, 0.25) is 0 Å². The summed E-state index contributed by atoms with van der Waals surface area (Å²) >= 11 is 5.48. The Hall–Kier alpha value is 0.140. The second-order valence-electron chi connectivity index (χ2n) is 5.98.